The zero-order chi connectivity index (χ0) is 19.3. The maximum Gasteiger partial charge on any atom is 0.434 e. The standard InChI is InChI=1S/C10H11BrF3N3.C5H11NO2/c11-8-9(16-6-3-1-2-4-6)15-5-7(17-8)10(12,13)14;1-5(2,3)8-4(6)7/h5-6H,1-4H2,(H,15,16);1-3H3,(H2,6,7). The minimum absolute atomic E-state index is 0.110. The van der Waals surface area contributed by atoms with Gasteiger partial charge in [-0.2, -0.15) is 13.2 Å². The van der Waals surface area contributed by atoms with E-state index in [1.807, 2.05) is 0 Å². The van der Waals surface area contributed by atoms with E-state index in [0.29, 0.717) is 5.82 Å². The summed E-state index contributed by atoms with van der Waals surface area (Å²) in [5.74, 6) is 0.380. The summed E-state index contributed by atoms with van der Waals surface area (Å²) in [5, 5.41) is 3.10. The molecule has 0 unspecified atom stereocenters. The molecule has 0 bridgehead atoms. The fraction of sp³-hybridized carbons (Fsp3) is 0.667. The van der Waals surface area contributed by atoms with Gasteiger partial charge in [0.25, 0.3) is 0 Å². The summed E-state index contributed by atoms with van der Waals surface area (Å²) in [7, 11) is 0. The predicted octanol–water partition coefficient (Wildman–Crippen LogP) is 4.49. The molecule has 0 aliphatic heterocycles. The first-order valence-electron chi connectivity index (χ1n) is 7.73. The van der Waals surface area contributed by atoms with Gasteiger partial charge in [0, 0.05) is 6.04 Å². The Balaban J connectivity index is 0.000000333. The van der Waals surface area contributed by atoms with Gasteiger partial charge in [0.2, 0.25) is 0 Å². The summed E-state index contributed by atoms with van der Waals surface area (Å²) in [6.45, 7) is 5.28. The number of aromatic nitrogens is 2. The molecule has 1 heterocycles. The summed E-state index contributed by atoms with van der Waals surface area (Å²) < 4.78 is 41.8. The zero-order valence-corrected chi connectivity index (χ0v) is 15.9. The Morgan fingerprint density at radius 1 is 1.32 bits per heavy atom. The van der Waals surface area contributed by atoms with Crippen LogP contribution in [-0.4, -0.2) is 27.7 Å². The number of carbonyl (C=O) groups excluding carboxylic acids is 1. The number of amides is 1. The highest BCUT2D eigenvalue weighted by Gasteiger charge is 2.33. The first-order chi connectivity index (χ1) is 11.4. The third-order valence-electron chi connectivity index (χ3n) is 3.12. The van der Waals surface area contributed by atoms with E-state index in [2.05, 4.69) is 36.0 Å². The third kappa shape index (κ3) is 8.37. The molecule has 1 saturated carbocycles. The molecule has 142 valence electrons. The molecule has 6 nitrogen and oxygen atoms in total. The number of nitrogens with zero attached hydrogens (tertiary/aromatic N) is 2. The van der Waals surface area contributed by atoms with E-state index in [1.165, 1.54) is 0 Å². The molecule has 1 aliphatic carbocycles. The molecule has 25 heavy (non-hydrogen) atoms. The normalized spacial score (nSPS) is 15.3. The van der Waals surface area contributed by atoms with E-state index in [-0.39, 0.29) is 10.6 Å². The number of ether oxygens (including phenoxy) is 1. The van der Waals surface area contributed by atoms with Crippen LogP contribution in [0.25, 0.3) is 0 Å². The van der Waals surface area contributed by atoms with Crippen molar-refractivity contribution in [3.05, 3.63) is 16.5 Å². The molecular formula is C15H22BrF3N4O2. The number of carbonyl (C=O) groups is 1. The Kier molecular flexibility index (Phi) is 7.45. The van der Waals surface area contributed by atoms with Gasteiger partial charge >= 0.3 is 12.3 Å². The Labute approximate surface area is 152 Å². The van der Waals surface area contributed by atoms with Crippen molar-refractivity contribution < 1.29 is 22.7 Å². The fourth-order valence-corrected chi connectivity index (χ4v) is 2.57. The number of nitrogens with two attached hydrogens (primary N) is 1. The van der Waals surface area contributed by atoms with Crippen molar-refractivity contribution in [1.29, 1.82) is 0 Å². The molecule has 0 atom stereocenters. The van der Waals surface area contributed by atoms with E-state index in [4.69, 9.17) is 5.73 Å². The Morgan fingerprint density at radius 2 is 1.88 bits per heavy atom. The third-order valence-corrected chi connectivity index (χ3v) is 3.68. The van der Waals surface area contributed by atoms with E-state index in [9.17, 15) is 18.0 Å². The minimum atomic E-state index is -4.46. The molecule has 10 heteroatoms. The predicted molar refractivity (Wildman–Crippen MR) is 91.0 cm³/mol. The molecule has 1 fully saturated rings. The van der Waals surface area contributed by atoms with Crippen molar-refractivity contribution in [2.45, 2.75) is 64.3 Å². The summed E-state index contributed by atoms with van der Waals surface area (Å²) in [4.78, 5) is 17.2. The van der Waals surface area contributed by atoms with Crippen molar-refractivity contribution in [2.24, 2.45) is 5.73 Å². The van der Waals surface area contributed by atoms with Gasteiger partial charge in [0.1, 0.15) is 10.2 Å². The van der Waals surface area contributed by atoms with E-state index < -0.39 is 23.6 Å². The van der Waals surface area contributed by atoms with Gasteiger partial charge in [0.05, 0.1) is 6.20 Å². The summed E-state index contributed by atoms with van der Waals surface area (Å²) in [5.41, 5.74) is 3.28. The first kappa shape index (κ1) is 21.5. The lowest BCUT2D eigenvalue weighted by Crippen LogP contribution is -2.27. The SMILES string of the molecule is CC(C)(C)OC(N)=O.FC(F)(F)c1cnc(NC2CCCC2)c(Br)n1. The van der Waals surface area contributed by atoms with Crippen LogP contribution in [-0.2, 0) is 10.9 Å². The second-order valence-corrected chi connectivity index (χ2v) is 7.30. The van der Waals surface area contributed by atoms with Crippen LogP contribution in [0, 0.1) is 0 Å². The second kappa shape index (κ2) is 8.68. The number of alkyl halides is 3. The molecule has 0 saturated heterocycles. The highest BCUT2D eigenvalue weighted by atomic mass is 79.9. The van der Waals surface area contributed by atoms with Crippen LogP contribution in [0.4, 0.5) is 23.8 Å². The highest BCUT2D eigenvalue weighted by molar-refractivity contribution is 9.10. The van der Waals surface area contributed by atoms with Gasteiger partial charge in [0.15, 0.2) is 11.5 Å². The number of hydrogen-bond acceptors (Lipinski definition) is 5. The fourth-order valence-electron chi connectivity index (χ4n) is 2.17. The molecule has 1 aliphatic rings. The highest BCUT2D eigenvalue weighted by Crippen LogP contribution is 2.30. The number of anilines is 1. The molecule has 1 aromatic rings. The van der Waals surface area contributed by atoms with Crippen molar-refractivity contribution in [2.75, 3.05) is 5.32 Å². The van der Waals surface area contributed by atoms with Gasteiger partial charge in [-0.05, 0) is 49.5 Å². The van der Waals surface area contributed by atoms with E-state index in [1.54, 1.807) is 20.8 Å². The Morgan fingerprint density at radius 3 is 2.24 bits per heavy atom. The molecular weight excluding hydrogens is 405 g/mol. The van der Waals surface area contributed by atoms with Crippen molar-refractivity contribution >= 4 is 27.8 Å². The van der Waals surface area contributed by atoms with Crippen LogP contribution in [0.5, 0.6) is 0 Å². The monoisotopic (exact) mass is 426 g/mol. The van der Waals surface area contributed by atoms with Gasteiger partial charge < -0.3 is 15.8 Å². The molecule has 3 N–H and O–H groups in total. The van der Waals surface area contributed by atoms with Crippen LogP contribution in [0.15, 0.2) is 10.8 Å². The number of primary amides is 1. The number of hydrogen-bond donors (Lipinski definition) is 2. The lowest BCUT2D eigenvalue weighted by atomic mass is 10.2. The average Bonchev–Trinajstić information content (AvgIpc) is 2.90. The van der Waals surface area contributed by atoms with E-state index in [0.717, 1.165) is 31.9 Å². The maximum absolute atomic E-state index is 12.4. The van der Waals surface area contributed by atoms with Crippen LogP contribution >= 0.6 is 15.9 Å². The largest absolute Gasteiger partial charge is 0.444 e. The molecule has 0 spiro atoms. The van der Waals surface area contributed by atoms with Crippen LogP contribution in [0.3, 0.4) is 0 Å². The van der Waals surface area contributed by atoms with Crippen molar-refractivity contribution in [3.8, 4) is 0 Å². The van der Waals surface area contributed by atoms with E-state index >= 15 is 0 Å². The number of halogens is 4. The molecule has 0 radical (unpaired) electrons. The van der Waals surface area contributed by atoms with Crippen molar-refractivity contribution in [3.63, 3.8) is 0 Å². The zero-order valence-electron chi connectivity index (χ0n) is 14.3. The van der Waals surface area contributed by atoms with Gasteiger partial charge in [-0.25, -0.2) is 14.8 Å². The maximum atomic E-state index is 12.4. The molecule has 2 rings (SSSR count). The van der Waals surface area contributed by atoms with Gasteiger partial charge in [-0.15, -0.1) is 0 Å². The summed E-state index contributed by atoms with van der Waals surface area (Å²) in [6.07, 6.45) is -0.0991. The van der Waals surface area contributed by atoms with Crippen LogP contribution in [0.1, 0.15) is 52.1 Å². The smallest absolute Gasteiger partial charge is 0.434 e. The quantitative estimate of drug-likeness (QED) is 0.726. The van der Waals surface area contributed by atoms with Crippen LogP contribution in [0.2, 0.25) is 0 Å². The Hall–Kier alpha value is -1.58. The number of nitrogens with one attached hydrogen (secondary N) is 1. The summed E-state index contributed by atoms with van der Waals surface area (Å²) >= 11 is 3.01. The number of rotatable bonds is 2. The lowest BCUT2D eigenvalue weighted by molar-refractivity contribution is -0.141. The average molecular weight is 427 g/mol. The first-order valence-corrected chi connectivity index (χ1v) is 8.52. The Bertz CT molecular complexity index is 585. The topological polar surface area (TPSA) is 90.1 Å². The summed E-state index contributed by atoms with van der Waals surface area (Å²) in [6, 6.07) is 0.289. The van der Waals surface area contributed by atoms with Gasteiger partial charge in [-0.3, -0.25) is 0 Å². The second-order valence-electron chi connectivity index (χ2n) is 6.55. The van der Waals surface area contributed by atoms with Crippen molar-refractivity contribution in [1.82, 2.24) is 9.97 Å². The van der Waals surface area contributed by atoms with Crippen LogP contribution < -0.4 is 11.1 Å². The van der Waals surface area contributed by atoms with Gasteiger partial charge in [-0.1, -0.05) is 12.8 Å². The molecule has 0 aromatic carbocycles. The molecule has 1 amide bonds. The lowest BCUT2D eigenvalue weighted by Gasteiger charge is -2.16. The minimum Gasteiger partial charge on any atom is -0.444 e. The molecule has 1 aromatic heterocycles.